The average Bonchev–Trinajstić information content (AvgIpc) is 2.82. The van der Waals surface area contributed by atoms with Crippen molar-refractivity contribution in [2.45, 2.75) is 32.1 Å². The number of pyridine rings is 1. The number of aromatic nitrogens is 1. The zero-order valence-corrected chi connectivity index (χ0v) is 20.1. The van der Waals surface area contributed by atoms with Gasteiger partial charge in [-0.3, -0.25) is 4.98 Å². The maximum Gasteiger partial charge on any atom is 0.328 e. The van der Waals surface area contributed by atoms with Gasteiger partial charge >= 0.3 is 5.97 Å². The normalized spacial score (nSPS) is 19.3. The number of aliphatic carboxylic acids is 1. The van der Waals surface area contributed by atoms with Gasteiger partial charge in [0.2, 0.25) is 0 Å². The quantitative estimate of drug-likeness (QED) is 0.285. The molecule has 3 nitrogen and oxygen atoms in total. The fraction of sp³-hybridized carbons (Fsp3) is 0.200. The maximum absolute atomic E-state index is 13.9. The van der Waals surface area contributed by atoms with Gasteiger partial charge in [-0.15, -0.1) is 0 Å². The summed E-state index contributed by atoms with van der Waals surface area (Å²) in [6.07, 6.45) is 11.7. The lowest BCUT2D eigenvalue weighted by Gasteiger charge is -2.43. The molecule has 0 spiro atoms. The highest BCUT2D eigenvalue weighted by Gasteiger charge is 2.40. The number of benzene rings is 2. The predicted octanol–water partition coefficient (Wildman–Crippen LogP) is 7.88. The molecular formula is C30H25ClFNO2. The van der Waals surface area contributed by atoms with Crippen molar-refractivity contribution in [2.75, 3.05) is 0 Å². The molecule has 2 unspecified atom stereocenters. The summed E-state index contributed by atoms with van der Waals surface area (Å²) in [4.78, 5) is 15.3. The Bertz CT molecular complexity index is 1390. The molecule has 2 aromatic carbocycles. The molecule has 176 valence electrons. The van der Waals surface area contributed by atoms with Crippen LogP contribution in [-0.4, -0.2) is 16.1 Å². The van der Waals surface area contributed by atoms with Gasteiger partial charge in [-0.05, 0) is 106 Å². The van der Waals surface area contributed by atoms with Gasteiger partial charge < -0.3 is 5.11 Å². The Morgan fingerprint density at radius 3 is 2.57 bits per heavy atom. The van der Waals surface area contributed by atoms with Crippen molar-refractivity contribution >= 4 is 40.9 Å². The molecule has 0 saturated heterocycles. The van der Waals surface area contributed by atoms with Crippen LogP contribution in [0.15, 0.2) is 72.6 Å². The van der Waals surface area contributed by atoms with Crippen molar-refractivity contribution < 1.29 is 14.3 Å². The molecule has 5 heteroatoms. The van der Waals surface area contributed by atoms with Crippen molar-refractivity contribution in [1.29, 1.82) is 0 Å². The topological polar surface area (TPSA) is 50.2 Å². The van der Waals surface area contributed by atoms with E-state index in [9.17, 15) is 9.18 Å². The fourth-order valence-electron chi connectivity index (χ4n) is 5.33. The molecule has 3 aromatic rings. The first-order valence-corrected chi connectivity index (χ1v) is 12.2. The third kappa shape index (κ3) is 4.46. The highest BCUT2D eigenvalue weighted by molar-refractivity contribution is 6.32. The van der Waals surface area contributed by atoms with Crippen molar-refractivity contribution in [3.05, 3.63) is 111 Å². The average molecular weight is 486 g/mol. The van der Waals surface area contributed by atoms with E-state index < -0.39 is 5.97 Å². The molecule has 1 saturated carbocycles. The number of carboxylic acids is 1. The van der Waals surface area contributed by atoms with Crippen LogP contribution in [0.5, 0.6) is 0 Å². The van der Waals surface area contributed by atoms with E-state index in [2.05, 4.69) is 24.1 Å². The lowest BCUT2D eigenvalue weighted by molar-refractivity contribution is -0.131. The monoisotopic (exact) mass is 485 g/mol. The van der Waals surface area contributed by atoms with E-state index in [4.69, 9.17) is 16.7 Å². The molecule has 1 N–H and O–H groups in total. The first-order chi connectivity index (χ1) is 17.0. The smallest absolute Gasteiger partial charge is 0.328 e. The summed E-state index contributed by atoms with van der Waals surface area (Å²) in [7, 11) is 0. The number of hydrogen-bond donors (Lipinski definition) is 1. The van der Waals surface area contributed by atoms with E-state index in [1.54, 1.807) is 12.1 Å². The van der Waals surface area contributed by atoms with Crippen LogP contribution >= 0.6 is 11.6 Å². The third-order valence-corrected chi connectivity index (χ3v) is 7.40. The van der Waals surface area contributed by atoms with Gasteiger partial charge in [0, 0.05) is 18.5 Å². The van der Waals surface area contributed by atoms with Crippen LogP contribution < -0.4 is 0 Å². The largest absolute Gasteiger partial charge is 0.478 e. The lowest BCUT2D eigenvalue weighted by atomic mass is 9.60. The molecule has 0 radical (unpaired) electrons. The standard InChI is InChI=1S/C30H25ClFNO2/c1-2-22(26-9-8-21(32)16-28(26)31)30(19-6-3-18(4-7-19)5-12-29(34)35)27-15-20-17-33-14-13-23(20)24-10-11-25(24)27/h3-9,12-17,24-25H,2,10-11H2,1H3,(H,34,35)/b12-5+,30-22+. The molecule has 2 atom stereocenters. The number of rotatable bonds is 6. The van der Waals surface area contributed by atoms with Crippen molar-refractivity contribution in [3.63, 3.8) is 0 Å². The van der Waals surface area contributed by atoms with Gasteiger partial charge in [-0.1, -0.05) is 48.9 Å². The van der Waals surface area contributed by atoms with Crippen LogP contribution in [-0.2, 0) is 4.79 Å². The number of carboxylic acid groups (broad SMARTS) is 1. The molecular weight excluding hydrogens is 461 g/mol. The van der Waals surface area contributed by atoms with Crippen LogP contribution in [0.3, 0.4) is 0 Å². The second kappa shape index (κ2) is 9.63. The number of allylic oxidation sites excluding steroid dienone is 3. The summed E-state index contributed by atoms with van der Waals surface area (Å²) in [5, 5.41) is 9.35. The number of fused-ring (bicyclic) bond motifs is 3. The molecule has 2 aliphatic rings. The minimum absolute atomic E-state index is 0.360. The molecule has 0 bridgehead atoms. The second-order valence-electron chi connectivity index (χ2n) is 9.02. The number of halogens is 2. The molecule has 5 rings (SSSR count). The van der Waals surface area contributed by atoms with Crippen molar-refractivity contribution in [3.8, 4) is 0 Å². The van der Waals surface area contributed by atoms with Gasteiger partial charge in [0.1, 0.15) is 5.82 Å². The van der Waals surface area contributed by atoms with Gasteiger partial charge in [0.25, 0.3) is 0 Å². The number of hydrogen-bond acceptors (Lipinski definition) is 2. The SMILES string of the molecule is CC/C(=C(\C1=Cc2cnccc2C2CCC12)c1ccc(/C=C/C(=O)O)cc1)c1ccc(F)cc1Cl. The molecule has 1 heterocycles. The number of nitrogens with zero attached hydrogens (tertiary/aromatic N) is 1. The first-order valence-electron chi connectivity index (χ1n) is 11.8. The van der Waals surface area contributed by atoms with Gasteiger partial charge in [-0.2, -0.15) is 0 Å². The molecule has 0 aliphatic heterocycles. The zero-order valence-electron chi connectivity index (χ0n) is 19.3. The van der Waals surface area contributed by atoms with E-state index in [1.165, 1.54) is 23.3 Å². The summed E-state index contributed by atoms with van der Waals surface area (Å²) in [6.45, 7) is 2.09. The minimum Gasteiger partial charge on any atom is -0.478 e. The minimum atomic E-state index is -0.982. The Morgan fingerprint density at radius 1 is 1.14 bits per heavy atom. The van der Waals surface area contributed by atoms with Crippen molar-refractivity contribution in [2.24, 2.45) is 5.92 Å². The third-order valence-electron chi connectivity index (χ3n) is 7.09. The summed E-state index contributed by atoms with van der Waals surface area (Å²) < 4.78 is 13.9. The van der Waals surface area contributed by atoms with E-state index in [0.29, 0.717) is 16.9 Å². The van der Waals surface area contributed by atoms with Gasteiger partial charge in [-0.25, -0.2) is 9.18 Å². The summed E-state index contributed by atoms with van der Waals surface area (Å²) >= 11 is 6.56. The van der Waals surface area contributed by atoms with Crippen LogP contribution in [0.1, 0.15) is 59.9 Å². The highest BCUT2D eigenvalue weighted by Crippen LogP contribution is 2.55. The van der Waals surface area contributed by atoms with Gasteiger partial charge in [0.15, 0.2) is 0 Å². The lowest BCUT2D eigenvalue weighted by Crippen LogP contribution is -2.29. The number of carbonyl (C=O) groups is 1. The Kier molecular flexibility index (Phi) is 6.40. The summed E-state index contributed by atoms with van der Waals surface area (Å²) in [5.74, 6) is -0.486. The van der Waals surface area contributed by atoms with Crippen LogP contribution in [0, 0.1) is 11.7 Å². The zero-order chi connectivity index (χ0) is 24.5. The molecule has 0 amide bonds. The first kappa shape index (κ1) is 23.3. The molecule has 2 aliphatic carbocycles. The Balaban J connectivity index is 1.72. The fourth-order valence-corrected chi connectivity index (χ4v) is 5.61. The second-order valence-corrected chi connectivity index (χ2v) is 9.43. The molecule has 35 heavy (non-hydrogen) atoms. The van der Waals surface area contributed by atoms with E-state index in [-0.39, 0.29) is 5.82 Å². The predicted molar refractivity (Wildman–Crippen MR) is 139 cm³/mol. The Labute approximate surface area is 209 Å². The van der Waals surface area contributed by atoms with Crippen molar-refractivity contribution in [1.82, 2.24) is 4.98 Å². The van der Waals surface area contributed by atoms with E-state index in [0.717, 1.165) is 58.7 Å². The Morgan fingerprint density at radius 2 is 1.91 bits per heavy atom. The van der Waals surface area contributed by atoms with E-state index >= 15 is 0 Å². The van der Waals surface area contributed by atoms with Crippen LogP contribution in [0.4, 0.5) is 4.39 Å². The van der Waals surface area contributed by atoms with E-state index in [1.807, 2.05) is 36.7 Å². The molecule has 1 fully saturated rings. The maximum atomic E-state index is 13.9. The Hall–Kier alpha value is -3.50. The summed E-state index contributed by atoms with van der Waals surface area (Å²) in [5.41, 5.74) is 8.59. The highest BCUT2D eigenvalue weighted by atomic mass is 35.5. The van der Waals surface area contributed by atoms with Crippen LogP contribution in [0.2, 0.25) is 5.02 Å². The van der Waals surface area contributed by atoms with Gasteiger partial charge in [0.05, 0.1) is 5.02 Å². The summed E-state index contributed by atoms with van der Waals surface area (Å²) in [6, 6.07) is 14.6. The molecule has 1 aromatic heterocycles. The van der Waals surface area contributed by atoms with Crippen LogP contribution in [0.25, 0.3) is 23.3 Å².